The van der Waals surface area contributed by atoms with Crippen molar-refractivity contribution in [3.8, 4) is 0 Å². The number of methoxy groups -OCH3 is 4. The smallest absolute Gasteiger partial charge is 0.245 e. The van der Waals surface area contributed by atoms with Crippen molar-refractivity contribution in [2.45, 2.75) is 278 Å². The van der Waals surface area contributed by atoms with Gasteiger partial charge in [-0.15, -0.1) is 0 Å². The first-order valence-corrected chi connectivity index (χ1v) is 44.1. The molecule has 10 N–H and O–H groups in total. The monoisotopic (exact) mass is 1710 g/mol. The topological polar surface area (TPSA) is 376 Å². The van der Waals surface area contributed by atoms with Crippen LogP contribution in [0.3, 0.4) is 0 Å². The number of carbonyl (C=O) groups is 10. The van der Waals surface area contributed by atoms with Crippen LogP contribution in [0.5, 0.6) is 0 Å². The summed E-state index contributed by atoms with van der Waals surface area (Å²) in [6, 6.07) is 10.5. The molecule has 0 spiro atoms. The van der Waals surface area contributed by atoms with Crippen molar-refractivity contribution in [3.63, 3.8) is 0 Å². The molecule has 4 rings (SSSR count). The quantitative estimate of drug-likeness (QED) is 0.0230. The van der Waals surface area contributed by atoms with E-state index < -0.39 is 133 Å². The molecule has 688 valence electrons. The van der Waals surface area contributed by atoms with E-state index in [0.29, 0.717) is 64.5 Å². The average molecular weight is 1710 g/mol. The zero-order valence-electron chi connectivity index (χ0n) is 77.5. The SMILES string of the molecule is CC[C@H](C)[C@@H]([C@@H](CC(=O)N1CCC[C@H]1[C@H](OC)[C@@H](C)C(=O)N[C@@H](Cc1ccccc1)C(=O)N[C@@H](CCCCNC(O)[C@H](Cc1ccccc1)NC(=O)[C@H](C)[C@@H](OC)[C@@H]1CCCN1C(=O)C[C@@H](OC)[C@H]([C@@H](C)CC)N(C)C(=O)[C@@H](NC(=O)[C@H](C(C)C)N(C)C)C(C)C)C(=O)NCCOCCON)OC)N(C)C(=O)[C@@H](NC(=O)[C@H](C(C)C)N(C)C)C(C)C. The van der Waals surface area contributed by atoms with Crippen molar-refractivity contribution in [3.05, 3.63) is 71.8 Å². The predicted octanol–water partition coefficient (Wildman–Crippen LogP) is 5.32. The summed E-state index contributed by atoms with van der Waals surface area (Å²) in [7, 11) is 16.8. The fourth-order valence-corrected chi connectivity index (χ4v) is 17.6. The molecule has 0 radical (unpaired) electrons. The zero-order chi connectivity index (χ0) is 90.7. The van der Waals surface area contributed by atoms with Gasteiger partial charge >= 0.3 is 0 Å². The molecular weight excluding hydrogens is 1550 g/mol. The van der Waals surface area contributed by atoms with Crippen molar-refractivity contribution in [1.29, 1.82) is 0 Å². The number of nitrogens with two attached hydrogens (primary N) is 1. The van der Waals surface area contributed by atoms with Crippen molar-refractivity contribution >= 4 is 59.1 Å². The lowest BCUT2D eigenvalue weighted by Crippen LogP contribution is -2.59. The van der Waals surface area contributed by atoms with Gasteiger partial charge in [-0.1, -0.05) is 170 Å². The first kappa shape index (κ1) is 106. The van der Waals surface area contributed by atoms with Crippen LogP contribution in [0.1, 0.15) is 179 Å². The second-order valence-corrected chi connectivity index (χ2v) is 35.2. The van der Waals surface area contributed by atoms with Gasteiger partial charge in [0.1, 0.15) is 30.4 Å². The maximum absolute atomic E-state index is 15.0. The van der Waals surface area contributed by atoms with Gasteiger partial charge in [-0.05, 0) is 133 Å². The van der Waals surface area contributed by atoms with Crippen molar-refractivity contribution < 1.29 is 81.6 Å². The van der Waals surface area contributed by atoms with Gasteiger partial charge in [0.05, 0.1) is 111 Å². The maximum atomic E-state index is 15.0. The number of unbranched alkanes of at least 4 members (excludes halogenated alkanes) is 1. The second-order valence-electron chi connectivity index (χ2n) is 35.2. The molecule has 0 bridgehead atoms. The van der Waals surface area contributed by atoms with E-state index >= 15 is 0 Å². The molecule has 0 saturated carbocycles. The van der Waals surface area contributed by atoms with Gasteiger partial charge in [0.2, 0.25) is 59.1 Å². The lowest BCUT2D eigenvalue weighted by Gasteiger charge is -2.41. The van der Waals surface area contributed by atoms with E-state index in [4.69, 9.17) is 29.6 Å². The molecule has 2 aromatic rings. The summed E-state index contributed by atoms with van der Waals surface area (Å²) < 4.78 is 30.2. The van der Waals surface area contributed by atoms with E-state index in [0.717, 1.165) is 11.1 Å². The van der Waals surface area contributed by atoms with Crippen molar-refractivity contribution in [2.24, 2.45) is 53.2 Å². The Morgan fingerprint density at radius 1 is 0.488 bits per heavy atom. The lowest BCUT2D eigenvalue weighted by molar-refractivity contribution is -0.148. The fraction of sp³-hybridized carbons (Fsp3) is 0.756. The molecule has 0 aromatic heterocycles. The molecule has 2 aliphatic rings. The van der Waals surface area contributed by atoms with Gasteiger partial charge < -0.3 is 85.1 Å². The Hall–Kier alpha value is -7.30. The van der Waals surface area contributed by atoms with E-state index in [9.17, 15) is 53.1 Å². The molecule has 20 atom stereocenters. The molecule has 0 aliphatic carbocycles. The molecule has 31 heteroatoms. The number of likely N-dealkylation sites (tertiary alicyclic amines) is 2. The van der Waals surface area contributed by atoms with Crippen molar-refractivity contribution in [2.75, 3.05) is 117 Å². The summed E-state index contributed by atoms with van der Waals surface area (Å²) in [5.41, 5.74) is 1.56. The van der Waals surface area contributed by atoms with Crippen LogP contribution in [-0.4, -0.2) is 307 Å². The Bertz CT molecular complexity index is 3440. The molecule has 31 nitrogen and oxygen atoms in total. The third-order valence-corrected chi connectivity index (χ3v) is 24.6. The summed E-state index contributed by atoms with van der Waals surface area (Å²) in [5.74, 6) is -0.982. The highest BCUT2D eigenvalue weighted by molar-refractivity contribution is 5.94. The van der Waals surface area contributed by atoms with Crippen LogP contribution in [0.25, 0.3) is 0 Å². The van der Waals surface area contributed by atoms with Crippen LogP contribution < -0.4 is 43.1 Å². The van der Waals surface area contributed by atoms with Gasteiger partial charge in [0.25, 0.3) is 0 Å². The molecule has 10 amide bonds. The number of benzene rings is 2. The fourth-order valence-electron chi connectivity index (χ4n) is 17.6. The Balaban J connectivity index is 1.54. The number of aliphatic hydroxyl groups excluding tert-OH is 1. The van der Waals surface area contributed by atoms with Crippen LogP contribution in [0.4, 0.5) is 0 Å². The molecular formula is C90H156N14O17. The van der Waals surface area contributed by atoms with Crippen LogP contribution in [0, 0.1) is 47.3 Å². The number of likely N-dealkylation sites (N-methyl/N-ethyl adjacent to an activating group) is 4. The van der Waals surface area contributed by atoms with E-state index in [-0.39, 0.29) is 136 Å². The van der Waals surface area contributed by atoms with E-state index in [1.54, 1.807) is 47.5 Å². The number of hydrogen-bond donors (Lipinski definition) is 9. The minimum Gasteiger partial charge on any atom is -0.379 e. The molecule has 2 aliphatic heterocycles. The highest BCUT2D eigenvalue weighted by Gasteiger charge is 2.47. The summed E-state index contributed by atoms with van der Waals surface area (Å²) in [5, 5.41) is 33.3. The van der Waals surface area contributed by atoms with Gasteiger partial charge in [-0.25, -0.2) is 5.90 Å². The summed E-state index contributed by atoms with van der Waals surface area (Å²) >= 11 is 0. The number of hydrogen-bond acceptors (Lipinski definition) is 21. The molecule has 2 saturated heterocycles. The number of amides is 10. The standard InChI is InChI=1S/C90H156N14O17/c1-25-59(11)78(101(19)89(114)74(55(3)4)97-87(112)76(57(7)8)99(15)16)70(116-21)53-72(105)103-46-35-42-68(103)80(118-23)61(13)82(107)95-66(51-63-37-29-27-30-38-63)85(110)92-44-34-33-41-65(84(109)93-45-48-120-49-50-121-91)94-86(111)67(52-64-39-31-28-32-40-64)96-83(108)62(14)81(119-24)69-43-36-47-104(69)73(106)54-71(117-22)79(60(12)26-2)102(20)90(115)75(56(5)6)98-88(113)77(58(9)10)100(17)18/h27-32,37-40,55-62,65-71,74-81,85,92,110H,25-26,33-36,41-54,91H2,1-24H3,(H,93,109)(H,94,111)(H,95,107)(H,96,108)(H,97,112)(H,98,113)/t59-,60-,61+,62+,65-,66-,67-,68-,69-,70+,71+,74-,75-,76-,77-,78-,79-,80+,81+,85?/m0/s1. The lowest BCUT2D eigenvalue weighted by atomic mass is 9.89. The molecule has 2 aromatic carbocycles. The highest BCUT2D eigenvalue weighted by atomic mass is 16.6. The molecule has 121 heavy (non-hydrogen) atoms. The minimum absolute atomic E-state index is 0.0144. The molecule has 2 heterocycles. The Morgan fingerprint density at radius 2 is 0.909 bits per heavy atom. The normalized spacial score (nSPS) is 19.0. The zero-order valence-corrected chi connectivity index (χ0v) is 77.5. The third kappa shape index (κ3) is 31.7. The number of ether oxygens (including phenoxy) is 5. The van der Waals surface area contributed by atoms with Crippen LogP contribution in [-0.2, 0) is 89.3 Å². The third-order valence-electron chi connectivity index (χ3n) is 24.6. The van der Waals surface area contributed by atoms with Gasteiger partial charge in [0.15, 0.2) is 0 Å². The summed E-state index contributed by atoms with van der Waals surface area (Å²) in [6.45, 7) is 28.4. The molecule has 2 fully saturated rings. The summed E-state index contributed by atoms with van der Waals surface area (Å²) in [4.78, 5) is 160. The Morgan fingerprint density at radius 3 is 1.30 bits per heavy atom. The minimum atomic E-state index is -1.29. The van der Waals surface area contributed by atoms with Gasteiger partial charge in [-0.2, -0.15) is 0 Å². The predicted molar refractivity (Wildman–Crippen MR) is 468 cm³/mol. The van der Waals surface area contributed by atoms with E-state index in [1.807, 2.05) is 182 Å². The Kier molecular flexibility index (Phi) is 47.1. The van der Waals surface area contributed by atoms with E-state index in [2.05, 4.69) is 42.1 Å². The second kappa shape index (κ2) is 53.8. The first-order valence-electron chi connectivity index (χ1n) is 44.1. The average Bonchev–Trinajstić information content (AvgIpc) is 1.75. The number of carbonyl (C=O) groups excluding carboxylic acids is 10. The van der Waals surface area contributed by atoms with Crippen LogP contribution >= 0.6 is 0 Å². The number of nitrogens with zero attached hydrogens (tertiary/aromatic N) is 6. The maximum Gasteiger partial charge on any atom is 0.245 e. The number of rotatable bonds is 56. The molecule has 1 unspecified atom stereocenters. The van der Waals surface area contributed by atoms with Gasteiger partial charge in [-0.3, -0.25) is 63.1 Å². The first-order chi connectivity index (χ1) is 57.3. The highest BCUT2D eigenvalue weighted by Crippen LogP contribution is 2.33. The number of aliphatic hydroxyl groups is 1. The number of nitrogens with one attached hydrogen (secondary N) is 7. The van der Waals surface area contributed by atoms with Crippen LogP contribution in [0.2, 0.25) is 0 Å². The largest absolute Gasteiger partial charge is 0.379 e. The Labute approximate surface area is 723 Å². The van der Waals surface area contributed by atoms with E-state index in [1.165, 1.54) is 28.4 Å². The summed E-state index contributed by atoms with van der Waals surface area (Å²) in [6.07, 6.45) is 0.212. The van der Waals surface area contributed by atoms with Gasteiger partial charge in [0, 0.05) is 68.6 Å². The van der Waals surface area contributed by atoms with Crippen molar-refractivity contribution in [1.82, 2.24) is 66.6 Å². The van der Waals surface area contributed by atoms with Crippen LogP contribution in [0.15, 0.2) is 60.7 Å².